The third-order valence-electron chi connectivity index (χ3n) is 3.77. The third kappa shape index (κ3) is 5.62. The highest BCUT2D eigenvalue weighted by Crippen LogP contribution is 2.11. The molecule has 5 heteroatoms. The summed E-state index contributed by atoms with van der Waals surface area (Å²) in [6.45, 7) is 0.720. The van der Waals surface area contributed by atoms with Gasteiger partial charge in [0.15, 0.2) is 5.11 Å². The highest BCUT2D eigenvalue weighted by molar-refractivity contribution is 7.80. The van der Waals surface area contributed by atoms with Crippen LogP contribution in [0.1, 0.15) is 5.56 Å². The van der Waals surface area contributed by atoms with E-state index >= 15 is 0 Å². The van der Waals surface area contributed by atoms with Crippen LogP contribution < -0.4 is 15.5 Å². The van der Waals surface area contributed by atoms with E-state index in [1.165, 1.54) is 16.5 Å². The molecule has 23 heavy (non-hydrogen) atoms. The van der Waals surface area contributed by atoms with Crippen molar-refractivity contribution in [2.45, 2.75) is 12.5 Å². The topological polar surface area (TPSA) is 28.5 Å². The summed E-state index contributed by atoms with van der Waals surface area (Å²) >= 11 is 5.27. The Bertz CT molecular complexity index is 631. The molecule has 0 amide bonds. The van der Waals surface area contributed by atoms with Gasteiger partial charge in [-0.05, 0) is 29.9 Å². The van der Waals surface area contributed by atoms with Crippen molar-refractivity contribution < 1.29 is 9.29 Å². The van der Waals surface area contributed by atoms with Crippen LogP contribution in [0.25, 0.3) is 0 Å². The standard InChI is InChI=1S/C18H22FN3S/c1-22(2)15(12-14-8-4-3-5-9-14)13-20-18(23)21-17-11-7-6-10-16(17)19/h3-11,15H,12-13H2,1-2H3,(H2,20,21,23)/p+1/t15-/m1/s1. The molecular formula is C18H23FN3S+. The lowest BCUT2D eigenvalue weighted by Gasteiger charge is -2.23. The van der Waals surface area contributed by atoms with Crippen LogP contribution in [0.4, 0.5) is 10.1 Å². The van der Waals surface area contributed by atoms with E-state index in [0.29, 0.717) is 16.8 Å². The maximum atomic E-state index is 13.6. The van der Waals surface area contributed by atoms with Crippen molar-refractivity contribution >= 4 is 23.0 Å². The average Bonchev–Trinajstić information content (AvgIpc) is 2.54. The van der Waals surface area contributed by atoms with Crippen LogP contribution in [0.5, 0.6) is 0 Å². The Morgan fingerprint density at radius 3 is 2.39 bits per heavy atom. The quantitative estimate of drug-likeness (QED) is 0.706. The van der Waals surface area contributed by atoms with Gasteiger partial charge in [-0.2, -0.15) is 0 Å². The number of rotatable bonds is 6. The molecule has 0 fully saturated rings. The van der Waals surface area contributed by atoms with Gasteiger partial charge in [-0.3, -0.25) is 0 Å². The Morgan fingerprint density at radius 2 is 1.74 bits per heavy atom. The summed E-state index contributed by atoms with van der Waals surface area (Å²) < 4.78 is 13.6. The molecule has 1 atom stereocenters. The first-order chi connectivity index (χ1) is 11.1. The van der Waals surface area contributed by atoms with Crippen molar-refractivity contribution in [1.29, 1.82) is 0 Å². The average molecular weight is 332 g/mol. The molecule has 3 N–H and O–H groups in total. The first kappa shape index (κ1) is 17.4. The molecule has 0 saturated heterocycles. The fraction of sp³-hybridized carbons (Fsp3) is 0.278. The van der Waals surface area contributed by atoms with Crippen LogP contribution in [0, 0.1) is 5.82 Å². The molecule has 2 rings (SSSR count). The third-order valence-corrected chi connectivity index (χ3v) is 4.02. The van der Waals surface area contributed by atoms with Gasteiger partial charge in [0.25, 0.3) is 0 Å². The summed E-state index contributed by atoms with van der Waals surface area (Å²) in [5.41, 5.74) is 1.69. The molecule has 0 aliphatic carbocycles. The van der Waals surface area contributed by atoms with Crippen LogP contribution in [0.15, 0.2) is 54.6 Å². The second-order valence-electron chi connectivity index (χ2n) is 5.78. The minimum Gasteiger partial charge on any atom is -0.356 e. The SMILES string of the molecule is C[NH+](C)[C@@H](CNC(=S)Nc1ccccc1F)Cc1ccccc1. The molecule has 2 aromatic carbocycles. The maximum absolute atomic E-state index is 13.6. The van der Waals surface area contributed by atoms with E-state index in [4.69, 9.17) is 12.2 Å². The van der Waals surface area contributed by atoms with E-state index in [1.807, 2.05) is 6.07 Å². The fourth-order valence-corrected chi connectivity index (χ4v) is 2.52. The van der Waals surface area contributed by atoms with Crippen LogP contribution >= 0.6 is 12.2 Å². The van der Waals surface area contributed by atoms with Crippen molar-refractivity contribution in [3.05, 3.63) is 66.0 Å². The molecule has 0 aliphatic heterocycles. The van der Waals surface area contributed by atoms with Crippen molar-refractivity contribution in [3.63, 3.8) is 0 Å². The predicted molar refractivity (Wildman–Crippen MR) is 97.4 cm³/mol. The molecule has 0 aliphatic rings. The lowest BCUT2D eigenvalue weighted by atomic mass is 10.1. The molecular weight excluding hydrogens is 309 g/mol. The van der Waals surface area contributed by atoms with Gasteiger partial charge in [-0.25, -0.2) is 4.39 Å². The zero-order valence-corrected chi connectivity index (χ0v) is 14.3. The molecule has 3 nitrogen and oxygen atoms in total. The van der Waals surface area contributed by atoms with Gasteiger partial charge in [0, 0.05) is 6.42 Å². The number of hydrogen-bond acceptors (Lipinski definition) is 1. The maximum Gasteiger partial charge on any atom is 0.171 e. The Labute approximate surface area is 142 Å². The number of likely N-dealkylation sites (N-methyl/N-ethyl adjacent to an activating group) is 1. The highest BCUT2D eigenvalue weighted by Gasteiger charge is 2.16. The van der Waals surface area contributed by atoms with Crippen LogP contribution in [0.2, 0.25) is 0 Å². The summed E-state index contributed by atoms with van der Waals surface area (Å²) in [5, 5.41) is 6.54. The smallest absolute Gasteiger partial charge is 0.171 e. The number of thiocarbonyl (C=S) groups is 1. The van der Waals surface area contributed by atoms with E-state index < -0.39 is 0 Å². The molecule has 0 spiro atoms. The summed E-state index contributed by atoms with van der Waals surface area (Å²) in [6.07, 6.45) is 0.957. The van der Waals surface area contributed by atoms with E-state index in [9.17, 15) is 4.39 Å². The molecule has 0 radical (unpaired) electrons. The van der Waals surface area contributed by atoms with Gasteiger partial charge in [0.05, 0.1) is 26.3 Å². The van der Waals surface area contributed by atoms with Gasteiger partial charge in [0.1, 0.15) is 11.9 Å². The fourth-order valence-electron chi connectivity index (χ4n) is 2.32. The number of quaternary nitrogens is 1. The minimum atomic E-state index is -0.310. The number of hydrogen-bond donors (Lipinski definition) is 3. The van der Waals surface area contributed by atoms with Crippen molar-refractivity contribution in [2.75, 3.05) is 26.0 Å². The van der Waals surface area contributed by atoms with Gasteiger partial charge in [-0.1, -0.05) is 42.5 Å². The molecule has 0 aromatic heterocycles. The number of para-hydroxylation sites is 1. The summed E-state index contributed by atoms with van der Waals surface area (Å²) in [5.74, 6) is -0.310. The zero-order chi connectivity index (χ0) is 16.7. The Balaban J connectivity index is 1.88. The number of halogens is 1. The first-order valence-corrected chi connectivity index (χ1v) is 8.10. The van der Waals surface area contributed by atoms with Gasteiger partial charge >= 0.3 is 0 Å². The van der Waals surface area contributed by atoms with Crippen molar-refractivity contribution in [2.24, 2.45) is 0 Å². The Hall–Kier alpha value is -1.98. The zero-order valence-electron chi connectivity index (χ0n) is 13.5. The Kier molecular flexibility index (Phi) is 6.50. The number of anilines is 1. The molecule has 0 unspecified atom stereocenters. The van der Waals surface area contributed by atoms with Gasteiger partial charge < -0.3 is 15.5 Å². The normalized spacial score (nSPS) is 12.0. The molecule has 122 valence electrons. The second kappa shape index (κ2) is 8.60. The highest BCUT2D eigenvalue weighted by atomic mass is 32.1. The lowest BCUT2D eigenvalue weighted by molar-refractivity contribution is -0.884. The van der Waals surface area contributed by atoms with Crippen LogP contribution in [0.3, 0.4) is 0 Å². The minimum absolute atomic E-state index is 0.310. The molecule has 0 saturated carbocycles. The Morgan fingerprint density at radius 1 is 1.09 bits per heavy atom. The van der Waals surface area contributed by atoms with E-state index in [0.717, 1.165) is 13.0 Å². The largest absolute Gasteiger partial charge is 0.356 e. The first-order valence-electron chi connectivity index (χ1n) is 7.69. The van der Waals surface area contributed by atoms with E-state index in [2.05, 4.69) is 49.0 Å². The lowest BCUT2D eigenvalue weighted by Crippen LogP contribution is -3.11. The number of nitrogens with one attached hydrogen (secondary N) is 3. The van der Waals surface area contributed by atoms with Crippen LogP contribution in [-0.2, 0) is 6.42 Å². The molecule has 0 bridgehead atoms. The van der Waals surface area contributed by atoms with Crippen molar-refractivity contribution in [3.8, 4) is 0 Å². The summed E-state index contributed by atoms with van der Waals surface area (Å²) in [7, 11) is 4.26. The van der Waals surface area contributed by atoms with Gasteiger partial charge in [-0.15, -0.1) is 0 Å². The van der Waals surface area contributed by atoms with Gasteiger partial charge in [0.2, 0.25) is 0 Å². The summed E-state index contributed by atoms with van der Waals surface area (Å²) in [4.78, 5) is 1.34. The monoisotopic (exact) mass is 332 g/mol. The molecule has 2 aromatic rings. The van der Waals surface area contributed by atoms with Crippen molar-refractivity contribution in [1.82, 2.24) is 5.32 Å². The van der Waals surface area contributed by atoms with E-state index in [1.54, 1.807) is 18.2 Å². The van der Waals surface area contributed by atoms with Crippen LogP contribution in [-0.4, -0.2) is 31.8 Å². The number of benzene rings is 2. The van der Waals surface area contributed by atoms with E-state index in [-0.39, 0.29) is 5.82 Å². The predicted octanol–water partition coefficient (Wildman–Crippen LogP) is 1.87. The second-order valence-corrected chi connectivity index (χ2v) is 6.19. The molecule has 0 heterocycles. The summed E-state index contributed by atoms with van der Waals surface area (Å²) in [6, 6.07) is 17.3.